The number of rotatable bonds is 6. The van der Waals surface area contributed by atoms with Crippen LogP contribution in [0.4, 0.5) is 0 Å². The van der Waals surface area contributed by atoms with E-state index in [1.54, 1.807) is 0 Å². The van der Waals surface area contributed by atoms with Crippen LogP contribution >= 0.6 is 0 Å². The van der Waals surface area contributed by atoms with Crippen LogP contribution in [0.3, 0.4) is 0 Å². The summed E-state index contributed by atoms with van der Waals surface area (Å²) in [7, 11) is 0. The Morgan fingerprint density at radius 2 is 0.786 bits per heavy atom. The molecule has 0 amide bonds. The average molecular weight is 374 g/mol. The van der Waals surface area contributed by atoms with Crippen molar-refractivity contribution < 1.29 is 18.9 Å². The van der Waals surface area contributed by atoms with E-state index >= 15 is 0 Å². The van der Waals surface area contributed by atoms with E-state index in [0.717, 1.165) is 48.7 Å². The molecule has 0 aromatic heterocycles. The molecule has 4 heteroatoms. The summed E-state index contributed by atoms with van der Waals surface area (Å²) < 4.78 is 21.7. The highest BCUT2D eigenvalue weighted by Crippen LogP contribution is 2.33. The lowest BCUT2D eigenvalue weighted by molar-refractivity contribution is 0.173. The Balaban J connectivity index is 1.15. The molecule has 0 saturated heterocycles. The molecule has 0 atom stereocenters. The van der Waals surface area contributed by atoms with E-state index in [1.165, 1.54) is 22.3 Å². The molecule has 0 N–H and O–H groups in total. The molecule has 0 fully saturated rings. The molecule has 3 aromatic carbocycles. The molecule has 142 valence electrons. The maximum Gasteiger partial charge on any atom is 0.231 e. The second-order valence-electron chi connectivity index (χ2n) is 7.19. The van der Waals surface area contributed by atoms with E-state index in [0.29, 0.717) is 13.6 Å². The van der Waals surface area contributed by atoms with Gasteiger partial charge in [-0.1, -0.05) is 36.4 Å². The molecule has 3 aromatic rings. The standard InChI is InChI=1S/C24H22O4/c1-2-18(6-8-20-10-12-22-24(14-20)28-16-26-22)4-3-17(1)5-7-19-9-11-21-23(13-19)27-15-25-21/h1-4,9-14H,5-8,15-16H2. The third kappa shape index (κ3) is 3.63. The Morgan fingerprint density at radius 3 is 1.25 bits per heavy atom. The number of hydrogen-bond donors (Lipinski definition) is 0. The molecule has 0 aliphatic carbocycles. The molecule has 2 aliphatic rings. The van der Waals surface area contributed by atoms with Crippen LogP contribution in [0, 0.1) is 0 Å². The molecular weight excluding hydrogens is 352 g/mol. The highest BCUT2D eigenvalue weighted by Gasteiger charge is 2.14. The van der Waals surface area contributed by atoms with Gasteiger partial charge in [-0.05, 0) is 72.2 Å². The van der Waals surface area contributed by atoms with Crippen molar-refractivity contribution in [1.29, 1.82) is 0 Å². The second kappa shape index (κ2) is 7.47. The Bertz CT molecular complexity index is 898. The monoisotopic (exact) mass is 374 g/mol. The Labute approximate surface area is 164 Å². The van der Waals surface area contributed by atoms with Gasteiger partial charge in [0.1, 0.15) is 0 Å². The highest BCUT2D eigenvalue weighted by molar-refractivity contribution is 5.45. The lowest BCUT2D eigenvalue weighted by atomic mass is 10.00. The fraction of sp³-hybridized carbons (Fsp3) is 0.250. The van der Waals surface area contributed by atoms with Crippen LogP contribution in [0.25, 0.3) is 0 Å². The van der Waals surface area contributed by atoms with Crippen LogP contribution in [-0.2, 0) is 25.7 Å². The van der Waals surface area contributed by atoms with Crippen molar-refractivity contribution in [2.75, 3.05) is 13.6 Å². The van der Waals surface area contributed by atoms with Gasteiger partial charge in [0.05, 0.1) is 0 Å². The molecule has 0 saturated carbocycles. The van der Waals surface area contributed by atoms with Gasteiger partial charge in [0.25, 0.3) is 0 Å². The fourth-order valence-electron chi connectivity index (χ4n) is 3.64. The number of fused-ring (bicyclic) bond motifs is 2. The first-order valence-corrected chi connectivity index (χ1v) is 9.68. The van der Waals surface area contributed by atoms with Crippen molar-refractivity contribution in [3.8, 4) is 23.0 Å². The summed E-state index contributed by atoms with van der Waals surface area (Å²) in [5.41, 5.74) is 5.25. The summed E-state index contributed by atoms with van der Waals surface area (Å²) >= 11 is 0. The van der Waals surface area contributed by atoms with E-state index in [-0.39, 0.29) is 0 Å². The Morgan fingerprint density at radius 1 is 0.429 bits per heavy atom. The van der Waals surface area contributed by atoms with E-state index in [9.17, 15) is 0 Å². The summed E-state index contributed by atoms with van der Waals surface area (Å²) in [5.74, 6) is 3.40. The highest BCUT2D eigenvalue weighted by atomic mass is 16.7. The third-order valence-corrected chi connectivity index (χ3v) is 5.30. The van der Waals surface area contributed by atoms with Crippen LogP contribution in [0.2, 0.25) is 0 Å². The van der Waals surface area contributed by atoms with Gasteiger partial charge >= 0.3 is 0 Å². The summed E-state index contributed by atoms with van der Waals surface area (Å²) in [6, 6.07) is 21.4. The van der Waals surface area contributed by atoms with Crippen LogP contribution in [0.5, 0.6) is 23.0 Å². The molecule has 4 nitrogen and oxygen atoms in total. The molecule has 0 spiro atoms. The SMILES string of the molecule is c1cc(CCc2ccc3c(c2)OCO3)ccc1CCc1ccc2c(c1)OCO2. The predicted octanol–water partition coefficient (Wildman–Crippen LogP) is 4.71. The number of hydrogen-bond acceptors (Lipinski definition) is 4. The van der Waals surface area contributed by atoms with Crippen molar-refractivity contribution in [2.45, 2.75) is 25.7 Å². The van der Waals surface area contributed by atoms with E-state index < -0.39 is 0 Å². The van der Waals surface area contributed by atoms with Crippen molar-refractivity contribution in [2.24, 2.45) is 0 Å². The maximum atomic E-state index is 5.46. The molecule has 0 unspecified atom stereocenters. The minimum absolute atomic E-state index is 0.326. The average Bonchev–Trinajstić information content (AvgIpc) is 3.39. The zero-order valence-corrected chi connectivity index (χ0v) is 15.6. The predicted molar refractivity (Wildman–Crippen MR) is 106 cm³/mol. The molecule has 0 bridgehead atoms. The van der Waals surface area contributed by atoms with Crippen LogP contribution < -0.4 is 18.9 Å². The Kier molecular flexibility index (Phi) is 4.53. The number of benzene rings is 3. The smallest absolute Gasteiger partial charge is 0.231 e. The topological polar surface area (TPSA) is 36.9 Å². The fourth-order valence-corrected chi connectivity index (χ4v) is 3.64. The summed E-state index contributed by atoms with van der Waals surface area (Å²) in [4.78, 5) is 0. The first kappa shape index (κ1) is 17.0. The maximum absolute atomic E-state index is 5.46. The molecule has 0 radical (unpaired) electrons. The van der Waals surface area contributed by atoms with Crippen molar-refractivity contribution in [3.05, 3.63) is 82.9 Å². The van der Waals surface area contributed by atoms with Gasteiger partial charge in [0.15, 0.2) is 23.0 Å². The van der Waals surface area contributed by atoms with E-state index in [1.807, 2.05) is 12.1 Å². The van der Waals surface area contributed by atoms with Gasteiger partial charge in [0.2, 0.25) is 13.6 Å². The van der Waals surface area contributed by atoms with Crippen molar-refractivity contribution in [3.63, 3.8) is 0 Å². The first-order valence-electron chi connectivity index (χ1n) is 9.68. The zero-order chi connectivity index (χ0) is 18.8. The van der Waals surface area contributed by atoms with Crippen LogP contribution in [-0.4, -0.2) is 13.6 Å². The molecular formula is C24H22O4. The molecule has 28 heavy (non-hydrogen) atoms. The third-order valence-electron chi connectivity index (χ3n) is 5.30. The summed E-state index contributed by atoms with van der Waals surface area (Å²) in [5, 5.41) is 0. The largest absolute Gasteiger partial charge is 0.454 e. The van der Waals surface area contributed by atoms with Gasteiger partial charge in [-0.3, -0.25) is 0 Å². The van der Waals surface area contributed by atoms with Crippen LogP contribution in [0.15, 0.2) is 60.7 Å². The van der Waals surface area contributed by atoms with Crippen LogP contribution in [0.1, 0.15) is 22.3 Å². The Hall–Kier alpha value is -3.14. The molecule has 2 aliphatic heterocycles. The minimum atomic E-state index is 0.326. The van der Waals surface area contributed by atoms with Gasteiger partial charge in [-0.15, -0.1) is 0 Å². The zero-order valence-electron chi connectivity index (χ0n) is 15.6. The van der Waals surface area contributed by atoms with Gasteiger partial charge < -0.3 is 18.9 Å². The number of aryl methyl sites for hydroxylation is 4. The van der Waals surface area contributed by atoms with Crippen molar-refractivity contribution >= 4 is 0 Å². The van der Waals surface area contributed by atoms with E-state index in [2.05, 4.69) is 48.5 Å². The first-order chi connectivity index (χ1) is 13.8. The normalized spacial score (nSPS) is 13.7. The summed E-state index contributed by atoms with van der Waals surface area (Å²) in [6.45, 7) is 0.652. The quantitative estimate of drug-likeness (QED) is 0.626. The summed E-state index contributed by atoms with van der Waals surface area (Å²) in [6.07, 6.45) is 4.02. The minimum Gasteiger partial charge on any atom is -0.454 e. The lowest BCUT2D eigenvalue weighted by Crippen LogP contribution is -1.95. The van der Waals surface area contributed by atoms with Gasteiger partial charge in [0, 0.05) is 0 Å². The van der Waals surface area contributed by atoms with Crippen molar-refractivity contribution in [1.82, 2.24) is 0 Å². The van der Waals surface area contributed by atoms with Gasteiger partial charge in [-0.2, -0.15) is 0 Å². The van der Waals surface area contributed by atoms with E-state index in [4.69, 9.17) is 18.9 Å². The molecule has 2 heterocycles. The number of ether oxygens (including phenoxy) is 4. The second-order valence-corrected chi connectivity index (χ2v) is 7.19. The van der Waals surface area contributed by atoms with Gasteiger partial charge in [-0.25, -0.2) is 0 Å². The lowest BCUT2D eigenvalue weighted by Gasteiger charge is -2.07. The molecule has 5 rings (SSSR count).